The number of piperazine rings is 1. The third kappa shape index (κ3) is 2.75. The number of rotatable bonds is 3. The molecule has 0 atom stereocenters. The molecule has 4 nitrogen and oxygen atoms in total. The zero-order chi connectivity index (χ0) is 13.2. The molecule has 0 aliphatic carbocycles. The fourth-order valence-corrected chi connectivity index (χ4v) is 2.33. The lowest BCUT2D eigenvalue weighted by molar-refractivity contribution is -0.122. The van der Waals surface area contributed by atoms with Crippen molar-refractivity contribution in [3.05, 3.63) is 24.3 Å². The van der Waals surface area contributed by atoms with E-state index in [4.69, 9.17) is 4.74 Å². The van der Waals surface area contributed by atoms with E-state index in [0.29, 0.717) is 13.2 Å². The van der Waals surface area contributed by atoms with Gasteiger partial charge in [0.15, 0.2) is 0 Å². The van der Waals surface area contributed by atoms with Crippen molar-refractivity contribution in [2.45, 2.75) is 26.3 Å². The quantitative estimate of drug-likeness (QED) is 0.887. The summed E-state index contributed by atoms with van der Waals surface area (Å²) in [6.45, 7) is 7.81. The molecule has 0 radical (unpaired) electrons. The molecule has 1 aromatic carbocycles. The molecular formula is C14H20N2O2. The van der Waals surface area contributed by atoms with Gasteiger partial charge in [-0.05, 0) is 32.9 Å². The molecule has 4 heteroatoms. The van der Waals surface area contributed by atoms with Gasteiger partial charge in [-0.25, -0.2) is 0 Å². The van der Waals surface area contributed by atoms with E-state index in [1.54, 1.807) is 0 Å². The van der Waals surface area contributed by atoms with Gasteiger partial charge in [0.05, 0.1) is 24.4 Å². The lowest BCUT2D eigenvalue weighted by atomic mass is 10.0. The van der Waals surface area contributed by atoms with Crippen LogP contribution in [0.1, 0.15) is 20.8 Å². The van der Waals surface area contributed by atoms with E-state index < -0.39 is 0 Å². The molecule has 1 amide bonds. The zero-order valence-corrected chi connectivity index (χ0v) is 11.2. The summed E-state index contributed by atoms with van der Waals surface area (Å²) >= 11 is 0. The first-order valence-electron chi connectivity index (χ1n) is 6.29. The number of ether oxygens (including phenoxy) is 1. The third-order valence-electron chi connectivity index (χ3n) is 2.90. The van der Waals surface area contributed by atoms with Crippen LogP contribution in [-0.2, 0) is 4.79 Å². The van der Waals surface area contributed by atoms with Gasteiger partial charge in [-0.3, -0.25) is 4.79 Å². The molecule has 0 bridgehead atoms. The van der Waals surface area contributed by atoms with E-state index in [9.17, 15) is 4.79 Å². The van der Waals surface area contributed by atoms with Gasteiger partial charge in [0, 0.05) is 6.54 Å². The van der Waals surface area contributed by atoms with Crippen molar-refractivity contribution in [3.8, 4) is 5.75 Å². The van der Waals surface area contributed by atoms with E-state index in [1.165, 1.54) is 0 Å². The van der Waals surface area contributed by atoms with Gasteiger partial charge in [0.2, 0.25) is 5.91 Å². The van der Waals surface area contributed by atoms with Crippen LogP contribution in [-0.4, -0.2) is 31.1 Å². The minimum absolute atomic E-state index is 0.0533. The summed E-state index contributed by atoms with van der Waals surface area (Å²) in [7, 11) is 0. The van der Waals surface area contributed by atoms with Gasteiger partial charge in [-0.1, -0.05) is 12.1 Å². The van der Waals surface area contributed by atoms with Gasteiger partial charge in [0.1, 0.15) is 5.75 Å². The van der Waals surface area contributed by atoms with Crippen LogP contribution in [0.3, 0.4) is 0 Å². The Hall–Kier alpha value is -1.71. The molecule has 0 spiro atoms. The summed E-state index contributed by atoms with van der Waals surface area (Å²) in [5.41, 5.74) is 0.775. The molecule has 0 saturated carbocycles. The van der Waals surface area contributed by atoms with E-state index in [1.807, 2.05) is 45.0 Å². The maximum atomic E-state index is 11.7. The fraction of sp³-hybridized carbons (Fsp3) is 0.500. The van der Waals surface area contributed by atoms with Crippen LogP contribution >= 0.6 is 0 Å². The van der Waals surface area contributed by atoms with Crippen molar-refractivity contribution in [2.75, 3.05) is 24.6 Å². The maximum absolute atomic E-state index is 11.7. The van der Waals surface area contributed by atoms with Gasteiger partial charge in [-0.2, -0.15) is 0 Å². The van der Waals surface area contributed by atoms with Crippen LogP contribution in [0.25, 0.3) is 0 Å². The topological polar surface area (TPSA) is 41.6 Å². The Kier molecular flexibility index (Phi) is 3.45. The smallest absolute Gasteiger partial charge is 0.239 e. The minimum atomic E-state index is -0.214. The highest BCUT2D eigenvalue weighted by molar-refractivity contribution is 5.84. The molecule has 1 aliphatic rings. The lowest BCUT2D eigenvalue weighted by Gasteiger charge is -2.40. The largest absolute Gasteiger partial charge is 0.492 e. The van der Waals surface area contributed by atoms with Crippen LogP contribution in [0.5, 0.6) is 5.75 Å². The molecule has 1 aromatic rings. The number of amides is 1. The van der Waals surface area contributed by atoms with Crippen LogP contribution in [0.15, 0.2) is 24.3 Å². The normalized spacial score (nSPS) is 18.4. The van der Waals surface area contributed by atoms with Crippen LogP contribution in [0.2, 0.25) is 0 Å². The molecule has 1 aliphatic heterocycles. The Bertz CT molecular complexity index is 443. The molecular weight excluding hydrogens is 228 g/mol. The number of para-hydroxylation sites is 2. The van der Waals surface area contributed by atoms with Crippen LogP contribution < -0.4 is 15.0 Å². The number of hydrogen-bond donors (Lipinski definition) is 1. The minimum Gasteiger partial charge on any atom is -0.492 e. The highest BCUT2D eigenvalue weighted by Gasteiger charge is 2.31. The van der Waals surface area contributed by atoms with Crippen molar-refractivity contribution >= 4 is 11.6 Å². The van der Waals surface area contributed by atoms with Gasteiger partial charge >= 0.3 is 0 Å². The van der Waals surface area contributed by atoms with Crippen molar-refractivity contribution in [1.29, 1.82) is 0 Å². The first-order valence-corrected chi connectivity index (χ1v) is 6.29. The molecule has 0 unspecified atom stereocenters. The molecule has 0 aromatic heterocycles. The lowest BCUT2D eigenvalue weighted by Crippen LogP contribution is -2.60. The summed E-state index contributed by atoms with van der Waals surface area (Å²) in [4.78, 5) is 13.8. The zero-order valence-electron chi connectivity index (χ0n) is 11.2. The molecule has 1 N–H and O–H groups in total. The number of carbonyl (C=O) groups is 1. The number of nitrogens with zero attached hydrogens (tertiary/aromatic N) is 1. The van der Waals surface area contributed by atoms with E-state index in [-0.39, 0.29) is 11.4 Å². The number of anilines is 1. The first-order chi connectivity index (χ1) is 8.52. The van der Waals surface area contributed by atoms with E-state index in [0.717, 1.165) is 18.0 Å². The van der Waals surface area contributed by atoms with Gasteiger partial charge < -0.3 is 15.0 Å². The second-order valence-corrected chi connectivity index (χ2v) is 5.19. The molecule has 1 fully saturated rings. The fourth-order valence-electron chi connectivity index (χ4n) is 2.33. The predicted molar refractivity (Wildman–Crippen MR) is 72.0 cm³/mol. The van der Waals surface area contributed by atoms with E-state index >= 15 is 0 Å². The van der Waals surface area contributed by atoms with E-state index in [2.05, 4.69) is 10.2 Å². The van der Waals surface area contributed by atoms with Crippen molar-refractivity contribution in [2.24, 2.45) is 0 Å². The monoisotopic (exact) mass is 248 g/mol. The molecule has 1 saturated heterocycles. The molecule has 18 heavy (non-hydrogen) atoms. The predicted octanol–water partition coefficient (Wildman–Crippen LogP) is 1.80. The molecule has 1 heterocycles. The molecule has 98 valence electrons. The highest BCUT2D eigenvalue weighted by atomic mass is 16.5. The Morgan fingerprint density at radius 3 is 2.78 bits per heavy atom. The average Bonchev–Trinajstić information content (AvgIpc) is 2.27. The van der Waals surface area contributed by atoms with Crippen LogP contribution in [0, 0.1) is 0 Å². The Balaban J connectivity index is 2.27. The van der Waals surface area contributed by atoms with Gasteiger partial charge in [0.25, 0.3) is 0 Å². The first kappa shape index (κ1) is 12.7. The SMILES string of the molecule is CCOc1ccccc1N1CC(=O)NC(C)(C)C1. The second kappa shape index (κ2) is 4.88. The third-order valence-corrected chi connectivity index (χ3v) is 2.90. The van der Waals surface area contributed by atoms with Crippen LogP contribution in [0.4, 0.5) is 5.69 Å². The van der Waals surface area contributed by atoms with Crippen molar-refractivity contribution in [3.63, 3.8) is 0 Å². The maximum Gasteiger partial charge on any atom is 0.239 e. The number of nitrogens with one attached hydrogen (secondary N) is 1. The highest BCUT2D eigenvalue weighted by Crippen LogP contribution is 2.30. The Morgan fingerprint density at radius 2 is 2.11 bits per heavy atom. The summed E-state index contributed by atoms with van der Waals surface area (Å²) < 4.78 is 5.62. The van der Waals surface area contributed by atoms with Crippen molar-refractivity contribution < 1.29 is 9.53 Å². The Morgan fingerprint density at radius 1 is 1.39 bits per heavy atom. The molecule has 2 rings (SSSR count). The summed E-state index contributed by atoms with van der Waals surface area (Å²) in [6.07, 6.45) is 0. The summed E-state index contributed by atoms with van der Waals surface area (Å²) in [5.74, 6) is 0.892. The average molecular weight is 248 g/mol. The number of hydrogen-bond acceptors (Lipinski definition) is 3. The number of benzene rings is 1. The summed E-state index contributed by atoms with van der Waals surface area (Å²) in [6, 6.07) is 7.86. The van der Waals surface area contributed by atoms with Gasteiger partial charge in [-0.15, -0.1) is 0 Å². The summed E-state index contributed by atoms with van der Waals surface area (Å²) in [5, 5.41) is 2.99. The van der Waals surface area contributed by atoms with Crippen molar-refractivity contribution in [1.82, 2.24) is 5.32 Å². The number of carbonyl (C=O) groups excluding carboxylic acids is 1. The second-order valence-electron chi connectivity index (χ2n) is 5.19. The standard InChI is InChI=1S/C14H20N2O2/c1-4-18-12-8-6-5-7-11(12)16-9-13(17)15-14(2,3)10-16/h5-8H,4,9-10H2,1-3H3,(H,15,17). The Labute approximate surface area is 108 Å².